The highest BCUT2D eigenvalue weighted by atomic mass is 19.3. The third-order valence-electron chi connectivity index (χ3n) is 4.59. The molecule has 1 fully saturated rings. The SMILES string of the molecule is CC1(C)OB(C(F)=Cc2cnc3nc(C(F)F)ccc3c2)OC1(C)C. The van der Waals surface area contributed by atoms with Crippen LogP contribution < -0.4 is 0 Å². The van der Waals surface area contributed by atoms with Crippen molar-refractivity contribution in [1.29, 1.82) is 0 Å². The van der Waals surface area contributed by atoms with Crippen LogP contribution in [0.25, 0.3) is 17.1 Å². The second kappa shape index (κ2) is 6.11. The Morgan fingerprint density at radius 3 is 2.40 bits per heavy atom. The van der Waals surface area contributed by atoms with Gasteiger partial charge >= 0.3 is 7.12 Å². The summed E-state index contributed by atoms with van der Waals surface area (Å²) in [6.45, 7) is 7.35. The normalized spacial score (nSPS) is 19.8. The van der Waals surface area contributed by atoms with Crippen molar-refractivity contribution in [3.63, 3.8) is 0 Å². The molecule has 3 rings (SSSR count). The fourth-order valence-corrected chi connectivity index (χ4v) is 2.43. The van der Waals surface area contributed by atoms with Gasteiger partial charge in [0.25, 0.3) is 6.43 Å². The minimum atomic E-state index is -2.66. The Hall–Kier alpha value is -1.93. The second-order valence-electron chi connectivity index (χ2n) is 6.97. The zero-order valence-electron chi connectivity index (χ0n) is 14.4. The third kappa shape index (κ3) is 3.41. The summed E-state index contributed by atoms with van der Waals surface area (Å²) in [5, 5.41) is 0.542. The summed E-state index contributed by atoms with van der Waals surface area (Å²) in [6.07, 6.45) is -0.0306. The molecule has 0 saturated carbocycles. The lowest BCUT2D eigenvalue weighted by atomic mass is 9.87. The van der Waals surface area contributed by atoms with Crippen LogP contribution in [-0.2, 0) is 9.31 Å². The summed E-state index contributed by atoms with van der Waals surface area (Å²) < 4.78 is 51.1. The van der Waals surface area contributed by atoms with Crippen molar-refractivity contribution >= 4 is 24.2 Å². The first-order valence-electron chi connectivity index (χ1n) is 7.87. The fraction of sp³-hybridized carbons (Fsp3) is 0.412. The summed E-state index contributed by atoms with van der Waals surface area (Å²) in [7, 11) is -1.10. The van der Waals surface area contributed by atoms with E-state index in [9.17, 15) is 13.2 Å². The van der Waals surface area contributed by atoms with Crippen LogP contribution in [0.5, 0.6) is 0 Å². The summed E-state index contributed by atoms with van der Waals surface area (Å²) in [4.78, 5) is 7.81. The summed E-state index contributed by atoms with van der Waals surface area (Å²) >= 11 is 0. The monoisotopic (exact) mass is 350 g/mol. The van der Waals surface area contributed by atoms with Crippen LogP contribution in [0.3, 0.4) is 0 Å². The van der Waals surface area contributed by atoms with E-state index in [2.05, 4.69) is 9.97 Å². The molecule has 0 atom stereocenters. The van der Waals surface area contributed by atoms with Gasteiger partial charge in [-0.3, -0.25) is 0 Å². The molecule has 0 aromatic carbocycles. The maximum Gasteiger partial charge on any atom is 0.525 e. The van der Waals surface area contributed by atoms with E-state index in [1.165, 1.54) is 24.4 Å². The van der Waals surface area contributed by atoms with Crippen LogP contribution >= 0.6 is 0 Å². The van der Waals surface area contributed by atoms with Crippen LogP contribution in [0, 0.1) is 0 Å². The first kappa shape index (κ1) is 17.9. The minimum Gasteiger partial charge on any atom is -0.398 e. The van der Waals surface area contributed by atoms with Crippen molar-refractivity contribution in [2.45, 2.75) is 45.3 Å². The van der Waals surface area contributed by atoms with Gasteiger partial charge in [0, 0.05) is 11.6 Å². The molecule has 0 unspecified atom stereocenters. The van der Waals surface area contributed by atoms with Gasteiger partial charge in [0.05, 0.1) is 11.2 Å². The van der Waals surface area contributed by atoms with E-state index in [-0.39, 0.29) is 11.3 Å². The topological polar surface area (TPSA) is 44.2 Å². The standard InChI is InChI=1S/C17H18BF3N2O2/c1-16(2)17(3,4)25-18(24-16)13(19)8-10-7-11-5-6-12(14(20)21)23-15(11)22-9-10/h5-9,14H,1-4H3. The smallest absolute Gasteiger partial charge is 0.398 e. The molecule has 3 heterocycles. The number of alkyl halides is 2. The van der Waals surface area contributed by atoms with Crippen LogP contribution in [0.1, 0.15) is 45.4 Å². The van der Waals surface area contributed by atoms with Gasteiger partial charge in [-0.2, -0.15) is 0 Å². The molecule has 0 aliphatic carbocycles. The van der Waals surface area contributed by atoms with Gasteiger partial charge in [0.2, 0.25) is 0 Å². The Kier molecular flexibility index (Phi) is 4.37. The molecule has 1 aliphatic heterocycles. The first-order chi connectivity index (χ1) is 11.6. The average molecular weight is 350 g/mol. The summed E-state index contributed by atoms with van der Waals surface area (Å²) in [6, 6.07) is 4.34. The molecular weight excluding hydrogens is 332 g/mol. The maximum atomic E-state index is 14.5. The van der Waals surface area contributed by atoms with E-state index < -0.39 is 30.5 Å². The number of halogens is 3. The van der Waals surface area contributed by atoms with Gasteiger partial charge in [0.1, 0.15) is 11.4 Å². The number of pyridine rings is 2. The van der Waals surface area contributed by atoms with E-state index in [0.29, 0.717) is 10.9 Å². The maximum absolute atomic E-state index is 14.5. The van der Waals surface area contributed by atoms with Gasteiger partial charge in [-0.1, -0.05) is 0 Å². The van der Waals surface area contributed by atoms with Crippen LogP contribution in [0.15, 0.2) is 30.1 Å². The summed E-state index contributed by atoms with van der Waals surface area (Å²) in [5.41, 5.74) is -1.55. The molecule has 1 aliphatic rings. The van der Waals surface area contributed by atoms with Crippen molar-refractivity contribution in [1.82, 2.24) is 9.97 Å². The Bertz CT molecular complexity index is 824. The molecule has 25 heavy (non-hydrogen) atoms. The van der Waals surface area contributed by atoms with Gasteiger partial charge in [-0.25, -0.2) is 23.1 Å². The zero-order valence-corrected chi connectivity index (χ0v) is 14.4. The molecule has 132 valence electrons. The van der Waals surface area contributed by atoms with Crippen molar-refractivity contribution in [2.24, 2.45) is 0 Å². The predicted molar refractivity (Wildman–Crippen MR) is 89.7 cm³/mol. The Labute approximate surface area is 144 Å². The number of hydrogen-bond acceptors (Lipinski definition) is 4. The quantitative estimate of drug-likeness (QED) is 0.764. The first-order valence-corrected chi connectivity index (χ1v) is 7.87. The molecule has 0 amide bonds. The van der Waals surface area contributed by atoms with E-state index in [1.807, 2.05) is 27.7 Å². The van der Waals surface area contributed by atoms with Gasteiger partial charge in [-0.15, -0.1) is 0 Å². The Morgan fingerprint density at radius 1 is 1.16 bits per heavy atom. The van der Waals surface area contributed by atoms with E-state index in [0.717, 1.165) is 0 Å². The molecule has 0 N–H and O–H groups in total. The van der Waals surface area contributed by atoms with Crippen LogP contribution in [0.4, 0.5) is 13.2 Å². The highest BCUT2D eigenvalue weighted by Crippen LogP contribution is 2.39. The number of nitrogens with zero attached hydrogens (tertiary/aromatic N) is 2. The molecule has 8 heteroatoms. The number of fused-ring (bicyclic) bond motifs is 1. The van der Waals surface area contributed by atoms with Crippen LogP contribution in [-0.4, -0.2) is 28.3 Å². The molecule has 2 aromatic rings. The lowest BCUT2D eigenvalue weighted by Gasteiger charge is -2.32. The molecule has 1 saturated heterocycles. The van der Waals surface area contributed by atoms with E-state index in [4.69, 9.17) is 9.31 Å². The Morgan fingerprint density at radius 2 is 1.80 bits per heavy atom. The van der Waals surface area contributed by atoms with Crippen molar-refractivity contribution in [2.75, 3.05) is 0 Å². The third-order valence-corrected chi connectivity index (χ3v) is 4.59. The lowest BCUT2D eigenvalue weighted by Crippen LogP contribution is -2.41. The molecule has 0 radical (unpaired) electrons. The lowest BCUT2D eigenvalue weighted by molar-refractivity contribution is 0.00578. The Balaban J connectivity index is 1.87. The largest absolute Gasteiger partial charge is 0.525 e. The van der Waals surface area contributed by atoms with Gasteiger partial charge in [-0.05, 0) is 57.5 Å². The second-order valence-corrected chi connectivity index (χ2v) is 6.97. The number of hydrogen-bond donors (Lipinski definition) is 0. The highest BCUT2D eigenvalue weighted by molar-refractivity contribution is 6.54. The highest BCUT2D eigenvalue weighted by Gasteiger charge is 2.53. The van der Waals surface area contributed by atoms with E-state index in [1.54, 1.807) is 6.07 Å². The zero-order chi connectivity index (χ0) is 18.4. The predicted octanol–water partition coefficient (Wildman–Crippen LogP) is 4.51. The van der Waals surface area contributed by atoms with Gasteiger partial charge in [0.15, 0.2) is 5.65 Å². The summed E-state index contributed by atoms with van der Waals surface area (Å²) in [5.74, 6) is 0. The molecular formula is C17H18BF3N2O2. The molecule has 0 spiro atoms. The molecule has 0 bridgehead atoms. The van der Waals surface area contributed by atoms with Crippen molar-refractivity contribution in [3.8, 4) is 0 Å². The van der Waals surface area contributed by atoms with Crippen molar-refractivity contribution < 1.29 is 22.5 Å². The average Bonchev–Trinajstić information content (AvgIpc) is 2.75. The molecule has 4 nitrogen and oxygen atoms in total. The fourth-order valence-electron chi connectivity index (χ4n) is 2.43. The minimum absolute atomic E-state index is 0.186. The van der Waals surface area contributed by atoms with Crippen molar-refractivity contribution in [3.05, 3.63) is 41.4 Å². The van der Waals surface area contributed by atoms with E-state index >= 15 is 0 Å². The number of rotatable bonds is 3. The van der Waals surface area contributed by atoms with Crippen LogP contribution in [0.2, 0.25) is 0 Å². The number of aromatic nitrogens is 2. The van der Waals surface area contributed by atoms with Gasteiger partial charge < -0.3 is 9.31 Å². The molecule has 2 aromatic heterocycles.